The number of nitrogens with zero attached hydrogens (tertiary/aromatic N) is 2. The minimum Gasteiger partial charge on any atom is -0.274 e. The Kier molecular flexibility index (Phi) is 5.41. The number of rotatable bonds is 4. The second-order valence-electron chi connectivity index (χ2n) is 5.41. The van der Waals surface area contributed by atoms with Gasteiger partial charge in [0.15, 0.2) is 5.17 Å². The van der Waals surface area contributed by atoms with E-state index >= 15 is 0 Å². The number of carbonyl (C=O) groups excluding carboxylic acids is 1. The molecule has 120 valence electrons. The maximum atomic E-state index is 12.8. The standard InChI is InChI=1S/C17H17ClN2OS2/c1-12-10-23-17(19-12)20(15-5-3-14(18)4-6-15)16(21)7-2-13-8-9-22-11-13/h3-6,8-9,11-12H,2,7,10H2,1H3/t12-/m1/s1. The SMILES string of the molecule is C[C@@H]1CSC(N(C(=O)CCc2ccsc2)c2ccc(Cl)cc2)=N1. The van der Waals surface area contributed by atoms with E-state index in [-0.39, 0.29) is 11.9 Å². The van der Waals surface area contributed by atoms with Crippen molar-refractivity contribution in [3.8, 4) is 0 Å². The molecule has 3 rings (SSSR count). The Balaban J connectivity index is 1.81. The molecule has 0 fully saturated rings. The van der Waals surface area contributed by atoms with E-state index in [1.54, 1.807) is 40.1 Å². The molecule has 1 amide bonds. The summed E-state index contributed by atoms with van der Waals surface area (Å²) in [7, 11) is 0. The molecule has 2 aromatic rings. The van der Waals surface area contributed by atoms with Crippen molar-refractivity contribution in [1.29, 1.82) is 0 Å². The van der Waals surface area contributed by atoms with Gasteiger partial charge in [-0.3, -0.25) is 14.7 Å². The molecule has 1 atom stereocenters. The molecular formula is C17H17ClN2OS2. The van der Waals surface area contributed by atoms with E-state index in [1.165, 1.54) is 5.56 Å². The molecule has 23 heavy (non-hydrogen) atoms. The first kappa shape index (κ1) is 16.6. The number of amidine groups is 1. The first-order valence-electron chi connectivity index (χ1n) is 7.43. The van der Waals surface area contributed by atoms with Crippen LogP contribution in [0.15, 0.2) is 46.1 Å². The minimum atomic E-state index is 0.0684. The van der Waals surface area contributed by atoms with Gasteiger partial charge in [0.25, 0.3) is 0 Å². The molecule has 0 bridgehead atoms. The van der Waals surface area contributed by atoms with Crippen molar-refractivity contribution >= 4 is 51.5 Å². The molecule has 0 N–H and O–H groups in total. The molecule has 0 saturated heterocycles. The van der Waals surface area contributed by atoms with Crippen molar-refractivity contribution in [1.82, 2.24) is 0 Å². The average Bonchev–Trinajstić information content (AvgIpc) is 3.19. The second-order valence-corrected chi connectivity index (χ2v) is 7.61. The smallest absolute Gasteiger partial charge is 0.233 e. The Hall–Kier alpha value is -1.30. The van der Waals surface area contributed by atoms with Crippen molar-refractivity contribution < 1.29 is 4.79 Å². The van der Waals surface area contributed by atoms with Gasteiger partial charge >= 0.3 is 0 Å². The summed E-state index contributed by atoms with van der Waals surface area (Å²) in [5.74, 6) is 0.982. The van der Waals surface area contributed by atoms with E-state index in [9.17, 15) is 4.79 Å². The fraction of sp³-hybridized carbons (Fsp3) is 0.294. The maximum absolute atomic E-state index is 12.8. The number of aliphatic imine (C=N–C) groups is 1. The lowest BCUT2D eigenvalue weighted by Gasteiger charge is -2.22. The van der Waals surface area contributed by atoms with Gasteiger partial charge in [0.2, 0.25) is 5.91 Å². The predicted octanol–water partition coefficient (Wildman–Crippen LogP) is 4.86. The molecule has 1 aliphatic heterocycles. The Bertz CT molecular complexity index is 698. The first-order chi connectivity index (χ1) is 11.1. The number of anilines is 1. The highest BCUT2D eigenvalue weighted by Crippen LogP contribution is 2.27. The highest BCUT2D eigenvalue weighted by molar-refractivity contribution is 8.14. The summed E-state index contributed by atoms with van der Waals surface area (Å²) in [5.41, 5.74) is 2.03. The summed E-state index contributed by atoms with van der Waals surface area (Å²) < 4.78 is 0. The van der Waals surface area contributed by atoms with E-state index in [0.717, 1.165) is 23.0 Å². The predicted molar refractivity (Wildman–Crippen MR) is 101 cm³/mol. The van der Waals surface area contributed by atoms with Crippen LogP contribution in [0.3, 0.4) is 0 Å². The number of hydrogen-bond acceptors (Lipinski definition) is 4. The van der Waals surface area contributed by atoms with Gasteiger partial charge in [0, 0.05) is 17.2 Å². The van der Waals surface area contributed by atoms with Crippen LogP contribution < -0.4 is 4.90 Å². The molecule has 1 aliphatic rings. The summed E-state index contributed by atoms with van der Waals surface area (Å²) in [4.78, 5) is 19.2. The van der Waals surface area contributed by atoms with E-state index < -0.39 is 0 Å². The monoisotopic (exact) mass is 364 g/mol. The number of thiophene rings is 1. The van der Waals surface area contributed by atoms with Crippen molar-refractivity contribution in [3.05, 3.63) is 51.7 Å². The Labute approximate surface area is 149 Å². The molecule has 1 aromatic heterocycles. The number of benzene rings is 1. The summed E-state index contributed by atoms with van der Waals surface area (Å²) in [5, 5.41) is 5.57. The highest BCUT2D eigenvalue weighted by atomic mass is 35.5. The van der Waals surface area contributed by atoms with Crippen molar-refractivity contribution in [2.45, 2.75) is 25.8 Å². The largest absolute Gasteiger partial charge is 0.274 e. The van der Waals surface area contributed by atoms with Crippen LogP contribution in [0, 0.1) is 0 Å². The molecule has 2 heterocycles. The van der Waals surface area contributed by atoms with Crippen molar-refractivity contribution in [2.75, 3.05) is 10.7 Å². The van der Waals surface area contributed by atoms with E-state index in [2.05, 4.69) is 23.4 Å². The highest BCUT2D eigenvalue weighted by Gasteiger charge is 2.26. The fourth-order valence-corrected chi connectivity index (χ4v) is 4.21. The summed E-state index contributed by atoms with van der Waals surface area (Å²) in [6.45, 7) is 2.07. The van der Waals surface area contributed by atoms with Gasteiger partial charge < -0.3 is 0 Å². The molecular weight excluding hydrogens is 348 g/mol. The van der Waals surface area contributed by atoms with Crippen LogP contribution in [-0.4, -0.2) is 22.9 Å². The number of aryl methyl sites for hydroxylation is 1. The van der Waals surface area contributed by atoms with Gasteiger partial charge in [-0.15, -0.1) is 0 Å². The molecule has 1 aromatic carbocycles. The average molecular weight is 365 g/mol. The van der Waals surface area contributed by atoms with Crippen molar-refractivity contribution in [3.63, 3.8) is 0 Å². The molecule has 6 heteroatoms. The summed E-state index contributed by atoms with van der Waals surface area (Å²) >= 11 is 9.26. The van der Waals surface area contributed by atoms with Crippen LogP contribution in [0.25, 0.3) is 0 Å². The quantitative estimate of drug-likeness (QED) is 0.776. The Morgan fingerprint density at radius 2 is 2.13 bits per heavy atom. The number of carbonyl (C=O) groups is 1. The van der Waals surface area contributed by atoms with Gasteiger partial charge in [-0.05, 0) is 60.0 Å². The molecule has 0 unspecified atom stereocenters. The maximum Gasteiger partial charge on any atom is 0.233 e. The number of halogens is 1. The Morgan fingerprint density at radius 3 is 2.74 bits per heavy atom. The van der Waals surface area contributed by atoms with E-state index in [1.807, 2.05) is 17.5 Å². The van der Waals surface area contributed by atoms with Gasteiger partial charge in [-0.25, -0.2) is 0 Å². The van der Waals surface area contributed by atoms with Crippen LogP contribution in [0.1, 0.15) is 18.9 Å². The van der Waals surface area contributed by atoms with Gasteiger partial charge in [-0.1, -0.05) is 23.4 Å². The summed E-state index contributed by atoms with van der Waals surface area (Å²) in [6, 6.07) is 9.66. The lowest BCUT2D eigenvalue weighted by Crippen LogP contribution is -2.34. The zero-order valence-electron chi connectivity index (χ0n) is 12.7. The van der Waals surface area contributed by atoms with Gasteiger partial charge in [0.05, 0.1) is 11.7 Å². The Morgan fingerprint density at radius 1 is 1.35 bits per heavy atom. The van der Waals surface area contributed by atoms with Crippen LogP contribution >= 0.6 is 34.7 Å². The molecule has 0 radical (unpaired) electrons. The number of hydrogen-bond donors (Lipinski definition) is 0. The van der Waals surface area contributed by atoms with Crippen LogP contribution in [0.5, 0.6) is 0 Å². The lowest BCUT2D eigenvalue weighted by molar-refractivity contribution is -0.117. The van der Waals surface area contributed by atoms with Crippen LogP contribution in [-0.2, 0) is 11.2 Å². The first-order valence-corrected chi connectivity index (χ1v) is 9.74. The number of thioether (sulfide) groups is 1. The van der Waals surface area contributed by atoms with Gasteiger partial charge in [-0.2, -0.15) is 11.3 Å². The summed E-state index contributed by atoms with van der Waals surface area (Å²) in [6.07, 6.45) is 1.22. The zero-order valence-corrected chi connectivity index (χ0v) is 15.1. The number of amides is 1. The zero-order chi connectivity index (χ0) is 16.2. The lowest BCUT2D eigenvalue weighted by atomic mass is 10.1. The fourth-order valence-electron chi connectivity index (χ4n) is 2.33. The molecule has 0 spiro atoms. The third-order valence-electron chi connectivity index (χ3n) is 3.52. The normalized spacial score (nSPS) is 17.1. The second kappa shape index (κ2) is 7.51. The minimum absolute atomic E-state index is 0.0684. The van der Waals surface area contributed by atoms with Crippen LogP contribution in [0.4, 0.5) is 5.69 Å². The molecule has 0 saturated carbocycles. The third-order valence-corrected chi connectivity index (χ3v) is 5.70. The molecule has 3 nitrogen and oxygen atoms in total. The molecule has 0 aliphatic carbocycles. The topological polar surface area (TPSA) is 32.7 Å². The third kappa shape index (κ3) is 4.16. The van der Waals surface area contributed by atoms with E-state index in [0.29, 0.717) is 11.4 Å². The van der Waals surface area contributed by atoms with Crippen LogP contribution in [0.2, 0.25) is 5.02 Å². The van der Waals surface area contributed by atoms with E-state index in [4.69, 9.17) is 11.6 Å². The van der Waals surface area contributed by atoms with Gasteiger partial charge in [0.1, 0.15) is 0 Å². The van der Waals surface area contributed by atoms with Crippen molar-refractivity contribution in [2.24, 2.45) is 4.99 Å².